The van der Waals surface area contributed by atoms with Crippen molar-refractivity contribution in [2.75, 3.05) is 39.3 Å². The zero-order valence-corrected chi connectivity index (χ0v) is 25.4. The van der Waals surface area contributed by atoms with E-state index in [9.17, 15) is 9.90 Å². The molecule has 1 aliphatic heterocycles. The number of benzene rings is 1. The largest absolute Gasteiger partial charge is 0.395 e. The Hall–Kier alpha value is -2.63. The van der Waals surface area contributed by atoms with Crippen LogP contribution >= 0.6 is 0 Å². The highest BCUT2D eigenvalue weighted by Gasteiger charge is 2.26. The molecule has 1 atom stereocenters. The second-order valence-electron chi connectivity index (χ2n) is 12.2. The number of aromatic nitrogens is 1. The highest BCUT2D eigenvalue weighted by molar-refractivity contribution is 5.92. The van der Waals surface area contributed by atoms with Gasteiger partial charge in [-0.2, -0.15) is 0 Å². The van der Waals surface area contributed by atoms with Crippen LogP contribution in [0.1, 0.15) is 96.4 Å². The Bertz CT molecular complexity index is 1190. The molecule has 2 N–H and O–H groups in total. The monoisotopic (exact) mass is 533 g/mol. The molecule has 0 bridgehead atoms. The van der Waals surface area contributed by atoms with Crippen molar-refractivity contribution >= 4 is 22.4 Å². The van der Waals surface area contributed by atoms with Gasteiger partial charge < -0.3 is 15.0 Å². The van der Waals surface area contributed by atoms with Gasteiger partial charge in [-0.1, -0.05) is 70.1 Å². The number of nitrogens with one attached hydrogen (secondary N) is 1. The van der Waals surface area contributed by atoms with E-state index in [-0.39, 0.29) is 12.5 Å². The number of nitrogens with zero attached hydrogens (tertiary/aromatic N) is 2. The maximum Gasteiger partial charge on any atom is 0.236 e. The minimum absolute atomic E-state index is 0.0896. The van der Waals surface area contributed by atoms with Crippen molar-refractivity contribution in [3.8, 4) is 0 Å². The molecule has 39 heavy (non-hydrogen) atoms. The number of aliphatic hydroxyl groups excluding tert-OH is 1. The molecule has 2 aromatic rings. The Kier molecular flexibility index (Phi) is 11.2. The summed E-state index contributed by atoms with van der Waals surface area (Å²) in [6.45, 7) is 22.8. The summed E-state index contributed by atoms with van der Waals surface area (Å²) in [7, 11) is 0. The third-order valence-electron chi connectivity index (χ3n) is 7.94. The van der Waals surface area contributed by atoms with E-state index in [1.54, 1.807) is 0 Å². The Morgan fingerprint density at radius 1 is 1.18 bits per heavy atom. The van der Waals surface area contributed by atoms with Gasteiger partial charge in [-0.15, -0.1) is 0 Å². The molecule has 1 aliphatic rings. The highest BCUT2D eigenvalue weighted by Crippen LogP contribution is 2.37. The molecular formula is C34H51N3O2. The molecule has 1 saturated heterocycles. The minimum Gasteiger partial charge on any atom is -0.395 e. The number of allylic oxidation sites excluding steroid dienone is 5. The molecule has 0 radical (unpaired) electrons. The molecule has 1 unspecified atom stereocenters. The first-order valence-electron chi connectivity index (χ1n) is 14.8. The molecule has 3 rings (SSSR count). The fourth-order valence-corrected chi connectivity index (χ4v) is 5.77. The van der Waals surface area contributed by atoms with Gasteiger partial charge in [0.15, 0.2) is 0 Å². The van der Waals surface area contributed by atoms with Crippen LogP contribution in [0.5, 0.6) is 0 Å². The molecule has 1 fully saturated rings. The Labute approximate surface area is 236 Å². The standard InChI is InChI=1S/C34H51N3O2/c1-9-26(8)21-36(16-17-38)22-32(39)37-14-12-27(13-15-37)28-10-11-31-30(20-28)33(25(6)7)34(35-31)29(18-23(2)3)19-24(4)5/h10-11,18-20,25-27,35,38H,2,9,12-17,21-22H2,1,3-8H3/b29-18+. The van der Waals surface area contributed by atoms with Crippen LogP contribution in [0.15, 0.2) is 48.1 Å². The molecule has 0 spiro atoms. The lowest BCUT2D eigenvalue weighted by atomic mass is 9.87. The molecule has 1 amide bonds. The van der Waals surface area contributed by atoms with Gasteiger partial charge in [0.2, 0.25) is 5.91 Å². The third-order valence-corrected chi connectivity index (χ3v) is 7.94. The number of hydrogen-bond donors (Lipinski definition) is 2. The summed E-state index contributed by atoms with van der Waals surface area (Å²) in [5.74, 6) is 1.53. The van der Waals surface area contributed by atoms with E-state index in [4.69, 9.17) is 0 Å². The first kappa shape index (κ1) is 30.9. The van der Waals surface area contributed by atoms with Crippen LogP contribution < -0.4 is 0 Å². The van der Waals surface area contributed by atoms with Gasteiger partial charge in [0, 0.05) is 42.8 Å². The normalized spacial score (nSPS) is 15.8. The van der Waals surface area contributed by atoms with Crippen LogP contribution in [0.25, 0.3) is 16.5 Å². The van der Waals surface area contributed by atoms with Crippen LogP contribution in [0.2, 0.25) is 0 Å². The van der Waals surface area contributed by atoms with Gasteiger partial charge in [-0.3, -0.25) is 9.69 Å². The van der Waals surface area contributed by atoms with Gasteiger partial charge in [0.05, 0.1) is 13.2 Å². The van der Waals surface area contributed by atoms with Crippen molar-refractivity contribution in [1.29, 1.82) is 0 Å². The number of H-pyrrole nitrogens is 1. The van der Waals surface area contributed by atoms with Crippen LogP contribution in [-0.2, 0) is 4.79 Å². The van der Waals surface area contributed by atoms with Gasteiger partial charge in [-0.05, 0) is 80.2 Å². The number of fused-ring (bicyclic) bond motifs is 1. The van der Waals surface area contributed by atoms with Crippen molar-refractivity contribution in [3.05, 3.63) is 64.9 Å². The first-order chi connectivity index (χ1) is 18.5. The summed E-state index contributed by atoms with van der Waals surface area (Å²) in [5.41, 5.74) is 8.56. The third kappa shape index (κ3) is 8.18. The summed E-state index contributed by atoms with van der Waals surface area (Å²) in [5, 5.41) is 10.8. The Morgan fingerprint density at radius 2 is 1.87 bits per heavy atom. The lowest BCUT2D eigenvalue weighted by molar-refractivity contribution is -0.133. The van der Waals surface area contributed by atoms with Crippen molar-refractivity contribution < 1.29 is 9.90 Å². The molecule has 5 heteroatoms. The van der Waals surface area contributed by atoms with E-state index >= 15 is 0 Å². The van der Waals surface area contributed by atoms with Crippen LogP contribution in [-0.4, -0.2) is 65.1 Å². The van der Waals surface area contributed by atoms with Crippen molar-refractivity contribution in [3.63, 3.8) is 0 Å². The van der Waals surface area contributed by atoms with Gasteiger partial charge in [-0.25, -0.2) is 0 Å². The van der Waals surface area contributed by atoms with E-state index in [0.29, 0.717) is 30.8 Å². The van der Waals surface area contributed by atoms with Gasteiger partial charge in [0.25, 0.3) is 0 Å². The number of aliphatic hydroxyl groups is 1. The zero-order valence-electron chi connectivity index (χ0n) is 25.4. The number of hydrogen-bond acceptors (Lipinski definition) is 3. The smallest absolute Gasteiger partial charge is 0.236 e. The Morgan fingerprint density at radius 3 is 2.44 bits per heavy atom. The van der Waals surface area contributed by atoms with Crippen LogP contribution in [0.3, 0.4) is 0 Å². The van der Waals surface area contributed by atoms with E-state index < -0.39 is 0 Å². The topological polar surface area (TPSA) is 59.6 Å². The number of likely N-dealkylation sites (tertiary alicyclic amines) is 1. The number of amides is 1. The number of carbonyl (C=O) groups excluding carboxylic acids is 1. The molecule has 5 nitrogen and oxygen atoms in total. The van der Waals surface area contributed by atoms with Crippen LogP contribution in [0, 0.1) is 5.92 Å². The van der Waals surface area contributed by atoms with E-state index in [1.165, 1.54) is 38.9 Å². The lowest BCUT2D eigenvalue weighted by Gasteiger charge is -2.34. The van der Waals surface area contributed by atoms with Crippen molar-refractivity contribution in [1.82, 2.24) is 14.8 Å². The quantitative estimate of drug-likeness (QED) is 0.282. The van der Waals surface area contributed by atoms with E-state index in [0.717, 1.165) is 44.5 Å². The van der Waals surface area contributed by atoms with Crippen LogP contribution in [0.4, 0.5) is 0 Å². The number of carbonyl (C=O) groups is 1. The summed E-state index contributed by atoms with van der Waals surface area (Å²) >= 11 is 0. The first-order valence-corrected chi connectivity index (χ1v) is 14.8. The molecule has 1 aromatic heterocycles. The molecule has 0 aliphatic carbocycles. The van der Waals surface area contributed by atoms with E-state index in [2.05, 4.69) is 88.4 Å². The van der Waals surface area contributed by atoms with E-state index in [1.807, 2.05) is 11.8 Å². The van der Waals surface area contributed by atoms with Gasteiger partial charge >= 0.3 is 0 Å². The fraction of sp³-hybridized carbons (Fsp3) is 0.559. The Balaban J connectivity index is 1.79. The maximum absolute atomic E-state index is 13.1. The average Bonchev–Trinajstić information content (AvgIpc) is 3.27. The summed E-state index contributed by atoms with van der Waals surface area (Å²) in [6.07, 6.45) is 7.45. The molecule has 2 heterocycles. The molecular weight excluding hydrogens is 482 g/mol. The number of rotatable bonds is 12. The molecule has 0 saturated carbocycles. The highest BCUT2D eigenvalue weighted by atomic mass is 16.3. The number of piperidine rings is 1. The minimum atomic E-state index is 0.0896. The van der Waals surface area contributed by atoms with Gasteiger partial charge in [0.1, 0.15) is 0 Å². The lowest BCUT2D eigenvalue weighted by Crippen LogP contribution is -2.45. The van der Waals surface area contributed by atoms with Crippen molar-refractivity contribution in [2.45, 2.75) is 79.6 Å². The summed E-state index contributed by atoms with van der Waals surface area (Å²) < 4.78 is 0. The second-order valence-corrected chi connectivity index (χ2v) is 12.2. The fourth-order valence-electron chi connectivity index (χ4n) is 5.77. The SMILES string of the molecule is C=C(C)/C=C(\C=C(C)C)c1[nH]c2ccc(C3CCN(C(=O)CN(CCO)CC(C)CC)CC3)cc2c1C(C)C. The predicted molar refractivity (Wildman–Crippen MR) is 166 cm³/mol. The maximum atomic E-state index is 13.1. The number of aromatic amines is 1. The summed E-state index contributed by atoms with van der Waals surface area (Å²) in [4.78, 5) is 21.0. The second kappa shape index (κ2) is 14.1. The summed E-state index contributed by atoms with van der Waals surface area (Å²) in [6, 6.07) is 6.90. The zero-order chi connectivity index (χ0) is 28.7. The van der Waals surface area contributed by atoms with Crippen molar-refractivity contribution in [2.24, 2.45) is 5.92 Å². The predicted octanol–water partition coefficient (Wildman–Crippen LogP) is 7.26. The molecule has 1 aromatic carbocycles. The average molecular weight is 534 g/mol. The molecule has 214 valence electrons.